The van der Waals surface area contributed by atoms with Gasteiger partial charge in [-0.15, -0.1) is 0 Å². The minimum absolute atomic E-state index is 0.0933. The second-order valence-electron chi connectivity index (χ2n) is 6.97. The van der Waals surface area contributed by atoms with Crippen LogP contribution < -0.4 is 15.7 Å². The number of nitrogens with one attached hydrogen (secondary N) is 1. The zero-order valence-electron chi connectivity index (χ0n) is 16.2. The van der Waals surface area contributed by atoms with Crippen molar-refractivity contribution in [1.82, 2.24) is 9.71 Å². The summed E-state index contributed by atoms with van der Waals surface area (Å²) in [7, 11) is 0. The largest absolute Gasteiger partial charge is 0.449 e. The second-order valence-corrected chi connectivity index (χ2v) is 8.40. The maximum absolute atomic E-state index is 12.8. The highest BCUT2D eigenvalue weighted by Gasteiger charge is 2.33. The SMILES string of the molecule is CCOC(=O)NSC(C)(C)C1=c2oc(=C3C=CC(C(F)(F)F)=CC3)nc2CC=C1. The van der Waals surface area contributed by atoms with E-state index in [1.54, 1.807) is 6.92 Å². The summed E-state index contributed by atoms with van der Waals surface area (Å²) in [4.78, 5) is 16.1. The number of halogens is 3. The van der Waals surface area contributed by atoms with E-state index in [9.17, 15) is 18.0 Å². The van der Waals surface area contributed by atoms with Crippen molar-refractivity contribution in [1.29, 1.82) is 0 Å². The number of carbonyl (C=O) groups excluding carboxylic acids is 1. The molecule has 0 saturated carbocycles. The van der Waals surface area contributed by atoms with Gasteiger partial charge in [0.15, 0.2) is 5.42 Å². The maximum Gasteiger partial charge on any atom is 0.417 e. The van der Waals surface area contributed by atoms with Crippen LogP contribution in [-0.4, -0.2) is 28.6 Å². The van der Waals surface area contributed by atoms with Gasteiger partial charge in [-0.2, -0.15) is 13.2 Å². The van der Waals surface area contributed by atoms with Gasteiger partial charge in [-0.05, 0) is 45.2 Å². The molecule has 5 nitrogen and oxygen atoms in total. The molecule has 3 rings (SSSR count). The number of nitrogens with zero attached hydrogens (tertiary/aromatic N) is 1. The highest BCUT2D eigenvalue weighted by molar-refractivity contribution is 7.99. The quantitative estimate of drug-likeness (QED) is 0.744. The van der Waals surface area contributed by atoms with Crippen LogP contribution >= 0.6 is 11.9 Å². The Morgan fingerprint density at radius 2 is 2.03 bits per heavy atom. The summed E-state index contributed by atoms with van der Waals surface area (Å²) in [5.41, 5.74) is 2.34. The molecule has 0 saturated heterocycles. The third-order valence-corrected chi connectivity index (χ3v) is 5.46. The van der Waals surface area contributed by atoms with Crippen molar-refractivity contribution in [2.75, 3.05) is 6.61 Å². The zero-order chi connectivity index (χ0) is 21.2. The number of hydrogen-bond donors (Lipinski definition) is 1. The Balaban J connectivity index is 1.94. The first-order chi connectivity index (χ1) is 13.6. The summed E-state index contributed by atoms with van der Waals surface area (Å²) in [5.74, 6) is 0. The van der Waals surface area contributed by atoms with E-state index >= 15 is 0 Å². The van der Waals surface area contributed by atoms with Crippen LogP contribution in [0.5, 0.6) is 0 Å². The number of aromatic nitrogens is 1. The van der Waals surface area contributed by atoms with E-state index in [2.05, 4.69) is 9.71 Å². The fourth-order valence-electron chi connectivity index (χ4n) is 2.98. The van der Waals surface area contributed by atoms with Crippen LogP contribution in [0.2, 0.25) is 0 Å². The number of allylic oxidation sites excluding steroid dienone is 6. The van der Waals surface area contributed by atoms with Gasteiger partial charge in [-0.1, -0.05) is 24.3 Å². The van der Waals surface area contributed by atoms with E-state index in [1.807, 2.05) is 26.0 Å². The third-order valence-electron chi connectivity index (χ3n) is 4.46. The maximum atomic E-state index is 12.8. The van der Waals surface area contributed by atoms with Crippen molar-refractivity contribution in [3.8, 4) is 0 Å². The molecule has 29 heavy (non-hydrogen) atoms. The fourth-order valence-corrected chi connectivity index (χ4v) is 3.64. The number of fused-ring (bicyclic) bond motifs is 1. The van der Waals surface area contributed by atoms with Gasteiger partial charge in [0.2, 0.25) is 5.55 Å². The van der Waals surface area contributed by atoms with E-state index in [-0.39, 0.29) is 13.0 Å². The molecule has 156 valence electrons. The van der Waals surface area contributed by atoms with Gasteiger partial charge in [-0.25, -0.2) is 9.78 Å². The first-order valence-corrected chi connectivity index (χ1v) is 9.90. The molecule has 1 N–H and O–H groups in total. The second kappa shape index (κ2) is 8.14. The summed E-state index contributed by atoms with van der Waals surface area (Å²) in [6.07, 6.45) is 3.19. The van der Waals surface area contributed by atoms with Gasteiger partial charge in [0.05, 0.1) is 22.6 Å². The molecule has 1 aromatic rings. The molecule has 0 aromatic carbocycles. The van der Waals surface area contributed by atoms with E-state index in [4.69, 9.17) is 9.15 Å². The molecule has 0 aliphatic heterocycles. The molecule has 0 bridgehead atoms. The summed E-state index contributed by atoms with van der Waals surface area (Å²) in [6, 6.07) is 0. The molecule has 9 heteroatoms. The van der Waals surface area contributed by atoms with Gasteiger partial charge >= 0.3 is 12.3 Å². The van der Waals surface area contributed by atoms with Crippen LogP contribution in [0, 0.1) is 0 Å². The van der Waals surface area contributed by atoms with E-state index in [1.165, 1.54) is 18.0 Å². The smallest absolute Gasteiger partial charge is 0.417 e. The predicted molar refractivity (Wildman–Crippen MR) is 105 cm³/mol. The molecule has 1 amide bonds. The molecule has 0 atom stereocenters. The highest BCUT2D eigenvalue weighted by Crippen LogP contribution is 2.33. The lowest BCUT2D eigenvalue weighted by atomic mass is 9.97. The molecular formula is C20H21F3N2O3S. The highest BCUT2D eigenvalue weighted by atomic mass is 32.2. The first kappa shape index (κ1) is 21.3. The van der Waals surface area contributed by atoms with Crippen LogP contribution in [0.15, 0.2) is 40.4 Å². The van der Waals surface area contributed by atoms with Gasteiger partial charge in [0, 0.05) is 17.6 Å². The number of amides is 1. The fraction of sp³-hybridized carbons (Fsp3) is 0.400. The van der Waals surface area contributed by atoms with Crippen LogP contribution in [0.1, 0.15) is 32.9 Å². The summed E-state index contributed by atoms with van der Waals surface area (Å²) in [5, 5.41) is 0. The van der Waals surface area contributed by atoms with E-state index in [0.29, 0.717) is 28.6 Å². The molecular weight excluding hydrogens is 405 g/mol. The van der Waals surface area contributed by atoms with E-state index in [0.717, 1.165) is 17.7 Å². The monoisotopic (exact) mass is 426 g/mol. The number of ether oxygens (including phenoxy) is 1. The number of carbonyl (C=O) groups is 1. The Bertz CT molecular complexity index is 1020. The van der Waals surface area contributed by atoms with Gasteiger partial charge in [0.1, 0.15) is 0 Å². The van der Waals surface area contributed by atoms with Crippen molar-refractivity contribution in [3.63, 3.8) is 0 Å². The molecule has 2 aliphatic rings. The Morgan fingerprint density at radius 3 is 2.66 bits per heavy atom. The van der Waals surface area contributed by atoms with Gasteiger partial charge in [0.25, 0.3) is 0 Å². The Hall–Kier alpha value is -2.42. The van der Waals surface area contributed by atoms with Crippen LogP contribution in [0.25, 0.3) is 11.1 Å². The third kappa shape index (κ3) is 4.77. The van der Waals surface area contributed by atoms with Crippen molar-refractivity contribution in [2.45, 2.75) is 44.5 Å². The standard InChI is InChI=1S/C20H21F3N2O3S/c1-4-27-18(26)25-29-19(2,3)14-6-5-7-15-16(14)28-17(24-15)12-8-10-13(11-9-12)20(21,22)23/h5-6,8,10-11H,4,7,9H2,1-3H3,(H,25,26). The normalized spacial score (nSPS) is 18.4. The average molecular weight is 426 g/mol. The average Bonchev–Trinajstić information content (AvgIpc) is 3.10. The first-order valence-electron chi connectivity index (χ1n) is 9.08. The van der Waals surface area contributed by atoms with Crippen molar-refractivity contribution >= 4 is 29.2 Å². The van der Waals surface area contributed by atoms with Crippen molar-refractivity contribution in [2.24, 2.45) is 0 Å². The van der Waals surface area contributed by atoms with Crippen LogP contribution in [0.4, 0.5) is 18.0 Å². The molecule has 0 radical (unpaired) electrons. The Labute approximate surface area is 170 Å². The minimum atomic E-state index is -4.37. The van der Waals surface area contributed by atoms with Crippen molar-refractivity contribution in [3.05, 3.63) is 52.6 Å². The number of oxazole rings is 1. The lowest BCUT2D eigenvalue weighted by Gasteiger charge is -2.25. The van der Waals surface area contributed by atoms with Crippen molar-refractivity contribution < 1.29 is 27.1 Å². The lowest BCUT2D eigenvalue weighted by molar-refractivity contribution is -0.0884. The molecule has 0 fully saturated rings. The minimum Gasteiger partial charge on any atom is -0.449 e. The number of rotatable bonds is 4. The topological polar surface area (TPSA) is 64.4 Å². The molecule has 0 unspecified atom stereocenters. The molecule has 2 aliphatic carbocycles. The zero-order valence-corrected chi connectivity index (χ0v) is 17.0. The Kier molecular flexibility index (Phi) is 5.97. The van der Waals surface area contributed by atoms with E-state index < -0.39 is 22.6 Å². The Morgan fingerprint density at radius 1 is 1.28 bits per heavy atom. The van der Waals surface area contributed by atoms with Crippen LogP contribution in [0.3, 0.4) is 0 Å². The molecule has 0 spiro atoms. The lowest BCUT2D eigenvalue weighted by Crippen LogP contribution is -2.31. The number of alkyl halides is 3. The van der Waals surface area contributed by atoms with Crippen LogP contribution in [-0.2, 0) is 11.2 Å². The summed E-state index contributed by atoms with van der Waals surface area (Å²) >= 11 is 1.19. The molecule has 1 aromatic heterocycles. The summed E-state index contributed by atoms with van der Waals surface area (Å²) < 4.78 is 51.3. The van der Waals surface area contributed by atoms with Gasteiger partial charge in [-0.3, -0.25) is 4.72 Å². The molecule has 1 heterocycles. The van der Waals surface area contributed by atoms with Gasteiger partial charge < -0.3 is 9.15 Å². The summed E-state index contributed by atoms with van der Waals surface area (Å²) in [6.45, 7) is 5.84. The predicted octanol–water partition coefficient (Wildman–Crippen LogP) is 3.71. The number of hydrogen-bond acceptors (Lipinski definition) is 5.